The van der Waals surface area contributed by atoms with E-state index in [9.17, 15) is 14.7 Å². The second kappa shape index (κ2) is 10.0. The van der Waals surface area contributed by atoms with Crippen LogP contribution < -0.4 is 0 Å². The molecule has 6 nitrogen and oxygen atoms in total. The predicted octanol–water partition coefficient (Wildman–Crippen LogP) is 4.74. The third kappa shape index (κ3) is 5.67. The van der Waals surface area contributed by atoms with Gasteiger partial charge in [-0.25, -0.2) is 14.6 Å². The number of carbonyl (C=O) groups is 2. The topological polar surface area (TPSA) is 92.4 Å². The molecule has 0 unspecified atom stereocenters. The zero-order valence-electron chi connectivity index (χ0n) is 16.7. The minimum absolute atomic E-state index is 0.249. The first-order chi connectivity index (χ1) is 14.5. The van der Waals surface area contributed by atoms with E-state index in [0.29, 0.717) is 24.2 Å². The first-order valence-corrected chi connectivity index (χ1v) is 10.7. The van der Waals surface area contributed by atoms with Gasteiger partial charge in [-0.05, 0) is 41.6 Å². The summed E-state index contributed by atoms with van der Waals surface area (Å²) in [5.74, 6) is -1.00. The van der Waals surface area contributed by atoms with Crippen LogP contribution in [0, 0.1) is 0 Å². The van der Waals surface area contributed by atoms with E-state index < -0.39 is 11.9 Å². The van der Waals surface area contributed by atoms with Gasteiger partial charge in [0.2, 0.25) is 0 Å². The zero-order chi connectivity index (χ0) is 21.5. The van der Waals surface area contributed by atoms with Gasteiger partial charge in [-0.2, -0.15) is 0 Å². The number of aliphatic carboxylic acids is 1. The molecular formula is C23H24N2O4S. The van der Waals surface area contributed by atoms with Gasteiger partial charge in [0.1, 0.15) is 5.82 Å². The lowest BCUT2D eigenvalue weighted by molar-refractivity contribution is -0.132. The Morgan fingerprint density at radius 2 is 1.93 bits per heavy atom. The van der Waals surface area contributed by atoms with E-state index >= 15 is 0 Å². The van der Waals surface area contributed by atoms with Crippen LogP contribution >= 0.6 is 11.3 Å². The average molecular weight is 425 g/mol. The Balaban J connectivity index is 1.87. The summed E-state index contributed by atoms with van der Waals surface area (Å²) in [5.41, 5.74) is 2.13. The molecule has 0 aliphatic heterocycles. The molecule has 0 atom stereocenters. The number of aromatic carboxylic acids is 1. The quantitative estimate of drug-likeness (QED) is 0.459. The van der Waals surface area contributed by atoms with Crippen molar-refractivity contribution in [3.8, 4) is 0 Å². The molecule has 0 aliphatic carbocycles. The summed E-state index contributed by atoms with van der Waals surface area (Å²) >= 11 is 1.53. The highest BCUT2D eigenvalue weighted by Gasteiger charge is 2.13. The average Bonchev–Trinajstić information content (AvgIpc) is 3.36. The van der Waals surface area contributed by atoms with Gasteiger partial charge in [0.15, 0.2) is 0 Å². The molecule has 0 fully saturated rings. The second-order valence-corrected chi connectivity index (χ2v) is 8.08. The van der Waals surface area contributed by atoms with Gasteiger partial charge in [0.25, 0.3) is 0 Å². The SMILES string of the molecule is CCCCc1nc(C=C(Cc2cccs2)C(=O)O)cn1Cc1ccc(C(=O)O)cc1. The molecule has 2 heterocycles. The van der Waals surface area contributed by atoms with Crippen molar-refractivity contribution in [1.82, 2.24) is 9.55 Å². The number of carboxylic acid groups (broad SMARTS) is 2. The highest BCUT2D eigenvalue weighted by molar-refractivity contribution is 7.09. The Bertz CT molecular complexity index is 1030. The van der Waals surface area contributed by atoms with Gasteiger partial charge < -0.3 is 14.8 Å². The molecule has 2 N–H and O–H groups in total. The Morgan fingerprint density at radius 3 is 2.53 bits per heavy atom. The third-order valence-corrected chi connectivity index (χ3v) is 5.60. The number of benzene rings is 1. The van der Waals surface area contributed by atoms with Gasteiger partial charge in [0, 0.05) is 36.0 Å². The monoisotopic (exact) mass is 424 g/mol. The van der Waals surface area contributed by atoms with Crippen molar-refractivity contribution in [2.75, 3.05) is 0 Å². The van der Waals surface area contributed by atoms with Crippen molar-refractivity contribution >= 4 is 29.4 Å². The fourth-order valence-corrected chi connectivity index (χ4v) is 3.86. The fourth-order valence-electron chi connectivity index (χ4n) is 3.13. The van der Waals surface area contributed by atoms with E-state index in [4.69, 9.17) is 5.11 Å². The molecule has 1 aromatic carbocycles. The summed E-state index contributed by atoms with van der Waals surface area (Å²) in [7, 11) is 0. The molecule has 156 valence electrons. The molecule has 7 heteroatoms. The number of hydrogen-bond donors (Lipinski definition) is 2. The molecule has 0 amide bonds. The zero-order valence-corrected chi connectivity index (χ0v) is 17.6. The van der Waals surface area contributed by atoms with Crippen LogP contribution in [0.3, 0.4) is 0 Å². The van der Waals surface area contributed by atoms with Crippen LogP contribution in [0.15, 0.2) is 53.5 Å². The number of rotatable bonds is 10. The minimum Gasteiger partial charge on any atom is -0.478 e. The number of nitrogens with zero attached hydrogens (tertiary/aromatic N) is 2. The molecule has 0 radical (unpaired) electrons. The summed E-state index contributed by atoms with van der Waals surface area (Å²) in [6, 6.07) is 10.6. The Hall–Kier alpha value is -3.19. The number of aryl methyl sites for hydroxylation is 1. The molecule has 3 rings (SSSR count). The van der Waals surface area contributed by atoms with Gasteiger partial charge in [-0.15, -0.1) is 11.3 Å². The van der Waals surface area contributed by atoms with Crippen LogP contribution in [-0.2, 0) is 24.2 Å². The molecule has 0 bridgehead atoms. The number of carboxylic acids is 2. The highest BCUT2D eigenvalue weighted by Crippen LogP contribution is 2.18. The first kappa shape index (κ1) is 21.5. The Kier molecular flexibility index (Phi) is 7.19. The molecule has 0 saturated heterocycles. The lowest BCUT2D eigenvalue weighted by Gasteiger charge is -2.08. The number of unbranched alkanes of at least 4 members (excludes halogenated alkanes) is 1. The van der Waals surface area contributed by atoms with Crippen molar-refractivity contribution in [3.05, 3.63) is 81.1 Å². The second-order valence-electron chi connectivity index (χ2n) is 7.05. The summed E-state index contributed by atoms with van der Waals surface area (Å²) in [4.78, 5) is 28.4. The van der Waals surface area contributed by atoms with Crippen molar-refractivity contribution in [2.24, 2.45) is 0 Å². The predicted molar refractivity (Wildman–Crippen MR) is 117 cm³/mol. The Labute approximate surface area is 179 Å². The molecule has 2 aromatic heterocycles. The molecule has 30 heavy (non-hydrogen) atoms. The van der Waals surface area contributed by atoms with Gasteiger partial charge >= 0.3 is 11.9 Å². The van der Waals surface area contributed by atoms with Gasteiger partial charge in [-0.1, -0.05) is 31.5 Å². The lowest BCUT2D eigenvalue weighted by atomic mass is 10.1. The first-order valence-electron chi connectivity index (χ1n) is 9.80. The summed E-state index contributed by atoms with van der Waals surface area (Å²) < 4.78 is 2.02. The molecule has 0 saturated carbocycles. The van der Waals surface area contributed by atoms with E-state index in [2.05, 4.69) is 11.9 Å². The third-order valence-electron chi connectivity index (χ3n) is 4.73. The normalized spacial score (nSPS) is 11.6. The largest absolute Gasteiger partial charge is 0.478 e. The molecular weight excluding hydrogens is 400 g/mol. The maximum Gasteiger partial charge on any atom is 0.335 e. The van der Waals surface area contributed by atoms with E-state index in [-0.39, 0.29) is 5.56 Å². The van der Waals surface area contributed by atoms with E-state index in [1.165, 1.54) is 11.3 Å². The van der Waals surface area contributed by atoms with Gasteiger partial charge in [0.05, 0.1) is 11.3 Å². The van der Waals surface area contributed by atoms with E-state index in [1.807, 2.05) is 28.3 Å². The van der Waals surface area contributed by atoms with Crippen molar-refractivity contribution < 1.29 is 19.8 Å². The highest BCUT2D eigenvalue weighted by atomic mass is 32.1. The van der Waals surface area contributed by atoms with Crippen LogP contribution in [0.25, 0.3) is 6.08 Å². The minimum atomic E-state index is -0.952. The fraction of sp³-hybridized carbons (Fsp3) is 0.261. The van der Waals surface area contributed by atoms with Crippen LogP contribution in [0.5, 0.6) is 0 Å². The Morgan fingerprint density at radius 1 is 1.17 bits per heavy atom. The standard InChI is InChI=1S/C23H24N2O4S/c1-2-3-6-21-24-19(12-18(23(28)29)13-20-5-4-11-30-20)15-25(21)14-16-7-9-17(10-8-16)22(26)27/h4-5,7-12,15H,2-3,6,13-14H2,1H3,(H,26,27)(H,28,29). The number of imidazole rings is 1. The number of thiophene rings is 1. The summed E-state index contributed by atoms with van der Waals surface area (Å²) in [6.07, 6.45) is 6.68. The maximum absolute atomic E-state index is 11.7. The van der Waals surface area contributed by atoms with E-state index in [0.717, 1.165) is 35.5 Å². The molecule has 0 spiro atoms. The number of aromatic nitrogens is 2. The van der Waals surface area contributed by atoms with Crippen molar-refractivity contribution in [3.63, 3.8) is 0 Å². The lowest BCUT2D eigenvalue weighted by Crippen LogP contribution is -2.05. The van der Waals surface area contributed by atoms with Crippen molar-refractivity contribution in [1.29, 1.82) is 0 Å². The van der Waals surface area contributed by atoms with E-state index in [1.54, 1.807) is 30.3 Å². The summed E-state index contributed by atoms with van der Waals surface area (Å²) in [5, 5.41) is 20.6. The molecule has 0 aliphatic rings. The van der Waals surface area contributed by atoms with Crippen molar-refractivity contribution in [2.45, 2.75) is 39.2 Å². The summed E-state index contributed by atoms with van der Waals surface area (Å²) in [6.45, 7) is 2.66. The van der Waals surface area contributed by atoms with Crippen LogP contribution in [0.4, 0.5) is 0 Å². The number of hydrogen-bond acceptors (Lipinski definition) is 4. The molecule has 3 aromatic rings. The smallest absolute Gasteiger partial charge is 0.335 e. The van der Waals surface area contributed by atoms with Crippen LogP contribution in [0.1, 0.15) is 52.1 Å². The van der Waals surface area contributed by atoms with Gasteiger partial charge in [-0.3, -0.25) is 0 Å². The maximum atomic E-state index is 11.7. The van der Waals surface area contributed by atoms with Crippen LogP contribution in [0.2, 0.25) is 0 Å². The van der Waals surface area contributed by atoms with Crippen LogP contribution in [-0.4, -0.2) is 31.7 Å².